The molecule has 3 aromatic rings. The van der Waals surface area contributed by atoms with Gasteiger partial charge in [0.2, 0.25) is 5.91 Å². The molecule has 0 aromatic heterocycles. The molecule has 3 aromatic carbocycles. The van der Waals surface area contributed by atoms with Crippen molar-refractivity contribution >= 4 is 41.0 Å². The number of ether oxygens (including phenoxy) is 2. The van der Waals surface area contributed by atoms with Crippen molar-refractivity contribution in [1.29, 1.82) is 0 Å². The lowest BCUT2D eigenvalue weighted by Crippen LogP contribution is -2.44. The molecule has 0 bridgehead atoms. The Morgan fingerprint density at radius 1 is 0.947 bits per heavy atom. The number of nitrogens with zero attached hydrogens (tertiary/aromatic N) is 1. The number of hydrogen-bond acceptors (Lipinski definition) is 6. The van der Waals surface area contributed by atoms with Crippen LogP contribution in [0.3, 0.4) is 0 Å². The van der Waals surface area contributed by atoms with E-state index in [-0.39, 0.29) is 29.5 Å². The highest BCUT2D eigenvalue weighted by atomic mass is 35.5. The van der Waals surface area contributed by atoms with Crippen LogP contribution in [0.2, 0.25) is 5.02 Å². The highest BCUT2D eigenvalue weighted by Crippen LogP contribution is 2.29. The summed E-state index contributed by atoms with van der Waals surface area (Å²) in [5, 5.41) is 0.227. The SMILES string of the molecule is Cc1ccc(Oc2ccc(N3C[C@@H](C(=O)OCC(=O)NNC(=O)c4ccccc4Cl)CC3=O)cc2)cc1C. The molecule has 1 aliphatic rings. The Balaban J connectivity index is 1.25. The second-order valence-corrected chi connectivity index (χ2v) is 9.24. The van der Waals surface area contributed by atoms with Crippen LogP contribution in [0.25, 0.3) is 0 Å². The maximum atomic E-state index is 12.6. The van der Waals surface area contributed by atoms with Crippen LogP contribution in [0.1, 0.15) is 27.9 Å². The van der Waals surface area contributed by atoms with Gasteiger partial charge in [-0.1, -0.05) is 29.8 Å². The number of carbonyl (C=O) groups excluding carboxylic acids is 4. The Kier molecular flexibility index (Phi) is 8.28. The molecule has 0 aliphatic carbocycles. The molecule has 0 spiro atoms. The fourth-order valence-corrected chi connectivity index (χ4v) is 4.07. The Labute approximate surface area is 224 Å². The summed E-state index contributed by atoms with van der Waals surface area (Å²) in [6, 6.07) is 19.2. The summed E-state index contributed by atoms with van der Waals surface area (Å²) in [5.41, 5.74) is 7.47. The second-order valence-electron chi connectivity index (χ2n) is 8.84. The van der Waals surface area contributed by atoms with Gasteiger partial charge in [-0.05, 0) is 73.5 Å². The van der Waals surface area contributed by atoms with Crippen molar-refractivity contribution in [2.75, 3.05) is 18.1 Å². The number of halogens is 1. The van der Waals surface area contributed by atoms with Gasteiger partial charge >= 0.3 is 5.97 Å². The minimum absolute atomic E-state index is 0.0371. The molecule has 4 rings (SSSR count). The molecule has 196 valence electrons. The minimum atomic E-state index is -0.737. The predicted octanol–water partition coefficient (Wildman–Crippen LogP) is 4.11. The molecule has 9 nitrogen and oxygen atoms in total. The quantitative estimate of drug-likeness (QED) is 0.348. The summed E-state index contributed by atoms with van der Waals surface area (Å²) in [7, 11) is 0. The average molecular weight is 536 g/mol. The van der Waals surface area contributed by atoms with Crippen LogP contribution in [0.4, 0.5) is 5.69 Å². The Morgan fingerprint density at radius 2 is 1.66 bits per heavy atom. The van der Waals surface area contributed by atoms with E-state index in [1.165, 1.54) is 16.5 Å². The van der Waals surface area contributed by atoms with E-state index < -0.39 is 30.3 Å². The predicted molar refractivity (Wildman–Crippen MR) is 141 cm³/mol. The molecule has 0 saturated carbocycles. The molecule has 1 saturated heterocycles. The van der Waals surface area contributed by atoms with Crippen LogP contribution in [0, 0.1) is 19.8 Å². The number of hydrazine groups is 1. The number of anilines is 1. The Hall–Kier alpha value is -4.37. The average Bonchev–Trinajstić information content (AvgIpc) is 3.30. The largest absolute Gasteiger partial charge is 0.457 e. The second kappa shape index (κ2) is 11.8. The van der Waals surface area contributed by atoms with Crippen LogP contribution in [0.5, 0.6) is 11.5 Å². The van der Waals surface area contributed by atoms with Crippen molar-refractivity contribution in [2.45, 2.75) is 20.3 Å². The zero-order chi connectivity index (χ0) is 27.2. The molecular weight excluding hydrogens is 510 g/mol. The summed E-state index contributed by atoms with van der Waals surface area (Å²) >= 11 is 5.95. The number of esters is 1. The summed E-state index contributed by atoms with van der Waals surface area (Å²) < 4.78 is 10.9. The van der Waals surface area contributed by atoms with Gasteiger partial charge in [0.25, 0.3) is 11.8 Å². The molecule has 0 unspecified atom stereocenters. The third-order valence-electron chi connectivity index (χ3n) is 6.10. The first-order valence-electron chi connectivity index (χ1n) is 11.9. The van der Waals surface area contributed by atoms with Gasteiger partial charge in [-0.15, -0.1) is 0 Å². The smallest absolute Gasteiger partial charge is 0.311 e. The van der Waals surface area contributed by atoms with Crippen molar-refractivity contribution < 1.29 is 28.7 Å². The maximum Gasteiger partial charge on any atom is 0.311 e. The molecule has 38 heavy (non-hydrogen) atoms. The first-order valence-corrected chi connectivity index (χ1v) is 12.2. The van der Waals surface area contributed by atoms with E-state index in [2.05, 4.69) is 10.9 Å². The zero-order valence-electron chi connectivity index (χ0n) is 20.8. The first-order chi connectivity index (χ1) is 18.2. The first kappa shape index (κ1) is 26.7. The summed E-state index contributed by atoms with van der Waals surface area (Å²) in [4.78, 5) is 50.6. The van der Waals surface area contributed by atoms with Crippen LogP contribution < -0.4 is 20.5 Å². The van der Waals surface area contributed by atoms with E-state index in [9.17, 15) is 19.2 Å². The van der Waals surface area contributed by atoms with Gasteiger partial charge in [0.05, 0.1) is 16.5 Å². The molecule has 0 radical (unpaired) electrons. The number of benzene rings is 3. The van der Waals surface area contributed by atoms with Crippen LogP contribution in [-0.2, 0) is 19.1 Å². The van der Waals surface area contributed by atoms with Gasteiger partial charge in [-0.2, -0.15) is 0 Å². The number of hydrogen-bond donors (Lipinski definition) is 2. The van der Waals surface area contributed by atoms with E-state index in [1.54, 1.807) is 42.5 Å². The highest BCUT2D eigenvalue weighted by molar-refractivity contribution is 6.33. The molecule has 1 fully saturated rings. The fourth-order valence-electron chi connectivity index (χ4n) is 3.85. The molecule has 1 atom stereocenters. The molecule has 3 amide bonds. The van der Waals surface area contributed by atoms with Gasteiger partial charge in [0.1, 0.15) is 11.5 Å². The van der Waals surface area contributed by atoms with E-state index in [0.29, 0.717) is 17.2 Å². The third kappa shape index (κ3) is 6.49. The fraction of sp³-hybridized carbons (Fsp3) is 0.214. The van der Waals surface area contributed by atoms with E-state index in [1.807, 2.05) is 32.0 Å². The Bertz CT molecular complexity index is 1380. The van der Waals surface area contributed by atoms with Crippen molar-refractivity contribution in [1.82, 2.24) is 10.9 Å². The maximum absolute atomic E-state index is 12.6. The van der Waals surface area contributed by atoms with E-state index in [0.717, 1.165) is 5.56 Å². The summed E-state index contributed by atoms with van der Waals surface area (Å²) in [6.45, 7) is 3.55. The summed E-state index contributed by atoms with van der Waals surface area (Å²) in [6.07, 6.45) is -0.0371. The molecule has 10 heteroatoms. The standard InChI is InChI=1S/C28H26ClN3O6/c1-17-7-10-22(13-18(17)2)38-21-11-8-20(9-12-21)32-15-19(14-26(32)34)28(36)37-16-25(33)30-31-27(35)23-5-3-4-6-24(23)29/h3-13,19H,14-16H2,1-2H3,(H,30,33)(H,31,35)/t19-/m0/s1. The van der Waals surface area contributed by atoms with Crippen LogP contribution in [0.15, 0.2) is 66.7 Å². The van der Waals surface area contributed by atoms with Crippen LogP contribution >= 0.6 is 11.6 Å². The van der Waals surface area contributed by atoms with Crippen LogP contribution in [-0.4, -0.2) is 36.8 Å². The number of carbonyl (C=O) groups is 4. The normalized spacial score (nSPS) is 14.7. The lowest BCUT2D eigenvalue weighted by Gasteiger charge is -2.17. The highest BCUT2D eigenvalue weighted by Gasteiger charge is 2.36. The van der Waals surface area contributed by atoms with E-state index >= 15 is 0 Å². The topological polar surface area (TPSA) is 114 Å². The molecule has 1 heterocycles. The van der Waals surface area contributed by atoms with Gasteiger partial charge in [-0.25, -0.2) is 0 Å². The van der Waals surface area contributed by atoms with Crippen molar-refractivity contribution in [2.24, 2.45) is 5.92 Å². The third-order valence-corrected chi connectivity index (χ3v) is 6.43. The monoisotopic (exact) mass is 535 g/mol. The number of rotatable bonds is 7. The molecular formula is C28H26ClN3O6. The van der Waals surface area contributed by atoms with Gasteiger partial charge < -0.3 is 14.4 Å². The lowest BCUT2D eigenvalue weighted by molar-refractivity contribution is -0.152. The molecule has 1 aliphatic heterocycles. The number of aryl methyl sites for hydroxylation is 2. The summed E-state index contributed by atoms with van der Waals surface area (Å²) in [5.74, 6) is -1.65. The molecule has 2 N–H and O–H groups in total. The minimum Gasteiger partial charge on any atom is -0.457 e. The lowest BCUT2D eigenvalue weighted by atomic mass is 10.1. The van der Waals surface area contributed by atoms with Gasteiger partial charge in [0.15, 0.2) is 6.61 Å². The Morgan fingerprint density at radius 3 is 2.37 bits per heavy atom. The van der Waals surface area contributed by atoms with E-state index in [4.69, 9.17) is 21.1 Å². The van der Waals surface area contributed by atoms with Crippen molar-refractivity contribution in [3.05, 3.63) is 88.4 Å². The van der Waals surface area contributed by atoms with Crippen molar-refractivity contribution in [3.63, 3.8) is 0 Å². The van der Waals surface area contributed by atoms with Gasteiger partial charge in [-0.3, -0.25) is 30.0 Å². The number of nitrogens with one attached hydrogen (secondary N) is 2. The van der Waals surface area contributed by atoms with Gasteiger partial charge in [0, 0.05) is 18.7 Å². The number of amides is 3. The van der Waals surface area contributed by atoms with Crippen molar-refractivity contribution in [3.8, 4) is 11.5 Å². The zero-order valence-corrected chi connectivity index (χ0v) is 21.6.